The summed E-state index contributed by atoms with van der Waals surface area (Å²) in [6.45, 7) is 9.11. The average Bonchev–Trinajstić information content (AvgIpc) is 1.10. The second-order valence-corrected chi connectivity index (χ2v) is 28.8. The first-order valence-electron chi connectivity index (χ1n) is 37.9. The van der Waals surface area contributed by atoms with Crippen molar-refractivity contribution in [3.8, 4) is 0 Å². The third-order valence-electron chi connectivity index (χ3n) is 16.7. The Kier molecular flexibility index (Phi) is 75.5. The van der Waals surface area contributed by atoms with Crippen LogP contribution in [0.1, 0.15) is 339 Å². The van der Waals surface area contributed by atoms with Crippen LogP contribution in [0, 0.1) is 0 Å². The molecule has 0 spiro atoms. The molecule has 0 aliphatic carbocycles. The predicted octanol–water partition coefficient (Wildman–Crippen LogP) is 10.4. The van der Waals surface area contributed by atoms with Crippen LogP contribution < -0.4 is 80.4 Å². The maximum Gasteiger partial charge on any atom is 1.00 e. The minimum Gasteiger partial charge on any atom is -1.00 e. The van der Waals surface area contributed by atoms with Gasteiger partial charge in [-0.1, -0.05) is 259 Å². The van der Waals surface area contributed by atoms with Gasteiger partial charge in [0.2, 0.25) is 23.6 Å². The second kappa shape index (κ2) is 72.8. The van der Waals surface area contributed by atoms with Crippen LogP contribution in [0.25, 0.3) is 0 Å². The van der Waals surface area contributed by atoms with Gasteiger partial charge in [-0.15, -0.1) is 0 Å². The van der Waals surface area contributed by atoms with Crippen molar-refractivity contribution in [2.45, 2.75) is 361 Å². The fourth-order valence-electron chi connectivity index (χ4n) is 10.9. The molecule has 0 fully saturated rings. The standard InChI is InChI=1S/C71H140N4O17P2.2Na.2H/c1-6-11-16-21-24-27-28-31-33-38-43-48-68(78)75-64(60-87-55-51-66(46-41-36-20-15-10-5)92-71(81)49-44-39-34-30-26-23-18-13-8-3)62-91-94(84,85)89-57-53-73-70(80)58-69(79)72-52-56-88-93(82,83)90-61-63(59-86-54-50-65(76)45-40-35-19-14-9-4)74-67(77)47-42-37-32-29-25-22-17-12-7-2;;;;/h63-66,76H,6-62H2,1-5H3,(H,72,79)(H,73,80)(H,74,77)(H,75,78)(H,82,83)(H,84,85);;;;/q;2*+1;2*-1/t63-,64+,65+,66+;;;;/m0..../s1. The summed E-state index contributed by atoms with van der Waals surface area (Å²) in [5.74, 6) is -2.15. The molecular formula is C71H142N4Na2O17P2. The fraction of sp³-hybridized carbons (Fsp3) is 0.930. The molecule has 25 heteroatoms. The summed E-state index contributed by atoms with van der Waals surface area (Å²) in [5.41, 5.74) is 0. The minimum absolute atomic E-state index is 0. The zero-order chi connectivity index (χ0) is 69.3. The summed E-state index contributed by atoms with van der Waals surface area (Å²) in [4.78, 5) is 85.4. The van der Waals surface area contributed by atoms with Gasteiger partial charge in [0.15, 0.2) is 0 Å². The van der Waals surface area contributed by atoms with E-state index in [1.807, 2.05) is 0 Å². The quantitative estimate of drug-likeness (QED) is 0.00979. The molecule has 0 rings (SSSR count). The Hall–Kier alpha value is -0.550. The number of phosphoric ester groups is 2. The summed E-state index contributed by atoms with van der Waals surface area (Å²) in [6, 6.07) is -1.59. The Bertz CT molecular complexity index is 1920. The molecule has 0 bridgehead atoms. The number of ether oxygens (including phenoxy) is 3. The molecule has 0 aromatic heterocycles. The number of carbonyl (C=O) groups excluding carboxylic acids is 5. The van der Waals surface area contributed by atoms with Crippen LogP contribution in [-0.4, -0.2) is 135 Å². The first-order chi connectivity index (χ1) is 45.5. The van der Waals surface area contributed by atoms with Gasteiger partial charge in [0, 0.05) is 45.4 Å². The maximum absolute atomic E-state index is 13.2. The summed E-state index contributed by atoms with van der Waals surface area (Å²) in [7, 11) is -9.38. The van der Waals surface area contributed by atoms with Crippen molar-refractivity contribution >= 4 is 45.2 Å². The predicted molar refractivity (Wildman–Crippen MR) is 378 cm³/mol. The number of amides is 4. The van der Waals surface area contributed by atoms with Crippen molar-refractivity contribution in [2.24, 2.45) is 0 Å². The van der Waals surface area contributed by atoms with E-state index < -0.39 is 78.5 Å². The number of aliphatic hydroxyl groups excluding tert-OH is 1. The first kappa shape index (κ1) is 99.6. The number of aliphatic hydroxyl groups is 1. The maximum atomic E-state index is 13.2. The van der Waals surface area contributed by atoms with E-state index in [4.69, 9.17) is 32.3 Å². The average molecular weight is 1430 g/mol. The topological polar surface area (TPSA) is 293 Å². The number of hydrogen-bond acceptors (Lipinski definition) is 15. The SMILES string of the molecule is CCCCCCCCCCCCCC(=O)N[C@H](COCC[C@@H](CCCCCCC)OC(=O)CCCCCCCCCCC)COP(=O)(O)OCCNC(=O)CC(=O)NCCOP(=O)(O)OC[C@H](COCC[C@H](O)CCCCCCC)NC(=O)CCCCCCCCCCC.[H-].[H-].[Na+].[Na+]. The smallest absolute Gasteiger partial charge is 1.00 e. The molecule has 0 saturated heterocycles. The largest absolute Gasteiger partial charge is 1.00 e. The minimum atomic E-state index is -4.71. The van der Waals surface area contributed by atoms with Gasteiger partial charge in [-0.05, 0) is 44.9 Å². The van der Waals surface area contributed by atoms with E-state index in [2.05, 4.69) is 55.9 Å². The van der Waals surface area contributed by atoms with Crippen LogP contribution in [0.5, 0.6) is 0 Å². The Morgan fingerprint density at radius 1 is 0.365 bits per heavy atom. The number of esters is 1. The molecule has 0 aromatic carbocycles. The molecule has 0 aromatic rings. The van der Waals surface area contributed by atoms with Crippen molar-refractivity contribution in [1.82, 2.24) is 21.3 Å². The zero-order valence-electron chi connectivity index (χ0n) is 64.1. The van der Waals surface area contributed by atoms with E-state index in [9.17, 15) is 48.0 Å². The number of nitrogens with one attached hydrogen (secondary N) is 4. The van der Waals surface area contributed by atoms with Crippen LogP contribution in [0.3, 0.4) is 0 Å². The summed E-state index contributed by atoms with van der Waals surface area (Å²) in [5, 5.41) is 21.0. The van der Waals surface area contributed by atoms with Crippen molar-refractivity contribution in [3.63, 3.8) is 0 Å². The molecule has 0 radical (unpaired) electrons. The molecule has 96 heavy (non-hydrogen) atoms. The van der Waals surface area contributed by atoms with Gasteiger partial charge in [-0.2, -0.15) is 0 Å². The van der Waals surface area contributed by atoms with Crippen molar-refractivity contribution in [3.05, 3.63) is 0 Å². The monoisotopic (exact) mass is 1430 g/mol. The molecule has 0 saturated carbocycles. The fourth-order valence-corrected chi connectivity index (χ4v) is 12.4. The molecule has 21 nitrogen and oxygen atoms in total. The molecule has 6 atom stereocenters. The number of rotatable bonds is 73. The van der Waals surface area contributed by atoms with Crippen LogP contribution in [0.15, 0.2) is 0 Å². The molecule has 7 N–H and O–H groups in total. The van der Waals surface area contributed by atoms with Crippen molar-refractivity contribution < 1.29 is 142 Å². The van der Waals surface area contributed by atoms with Crippen LogP contribution in [0.2, 0.25) is 0 Å². The Morgan fingerprint density at radius 2 is 0.677 bits per heavy atom. The second-order valence-electron chi connectivity index (χ2n) is 25.9. The zero-order valence-corrected chi connectivity index (χ0v) is 67.9. The van der Waals surface area contributed by atoms with Crippen molar-refractivity contribution in [2.75, 3.05) is 65.9 Å². The van der Waals surface area contributed by atoms with E-state index in [1.165, 1.54) is 122 Å². The third-order valence-corrected chi connectivity index (χ3v) is 18.6. The summed E-state index contributed by atoms with van der Waals surface area (Å²) in [6.07, 6.45) is 45.4. The van der Waals surface area contributed by atoms with Gasteiger partial charge < -0.3 is 53.2 Å². The number of hydrogen-bond donors (Lipinski definition) is 7. The molecule has 0 aliphatic heterocycles. The normalized spacial score (nSPS) is 13.9. The van der Waals surface area contributed by atoms with Gasteiger partial charge in [0.1, 0.15) is 12.5 Å². The molecule has 560 valence electrons. The Labute approximate surface area is 630 Å². The van der Waals surface area contributed by atoms with E-state index in [1.54, 1.807) is 0 Å². The van der Waals surface area contributed by atoms with E-state index in [0.29, 0.717) is 38.5 Å². The molecule has 2 unspecified atom stereocenters. The van der Waals surface area contributed by atoms with Crippen LogP contribution in [-0.2, 0) is 65.4 Å². The molecule has 4 amide bonds. The summed E-state index contributed by atoms with van der Waals surface area (Å²) >= 11 is 0. The first-order valence-corrected chi connectivity index (χ1v) is 40.9. The van der Waals surface area contributed by atoms with Crippen molar-refractivity contribution in [1.29, 1.82) is 0 Å². The van der Waals surface area contributed by atoms with Gasteiger partial charge in [0.05, 0.1) is 64.4 Å². The Balaban J connectivity index is -0.00000721. The van der Waals surface area contributed by atoms with Gasteiger partial charge in [-0.3, -0.25) is 42.1 Å². The van der Waals surface area contributed by atoms with E-state index in [-0.39, 0.29) is 138 Å². The molecule has 0 heterocycles. The number of unbranched alkanes of at least 4 members (excludes halogenated alkanes) is 34. The van der Waals surface area contributed by atoms with Gasteiger partial charge >= 0.3 is 80.7 Å². The van der Waals surface area contributed by atoms with E-state index >= 15 is 0 Å². The Morgan fingerprint density at radius 3 is 1.04 bits per heavy atom. The van der Waals surface area contributed by atoms with Gasteiger partial charge in [0.25, 0.3) is 0 Å². The number of carbonyl (C=O) groups is 5. The summed E-state index contributed by atoms with van der Waals surface area (Å²) < 4.78 is 64.5. The van der Waals surface area contributed by atoms with E-state index in [0.717, 1.165) is 122 Å². The third kappa shape index (κ3) is 70.5. The van der Waals surface area contributed by atoms with Crippen LogP contribution in [0.4, 0.5) is 0 Å². The number of phosphoric acid groups is 2. The molecular weight excluding hydrogens is 1290 g/mol. The van der Waals surface area contributed by atoms with Crippen LogP contribution >= 0.6 is 15.6 Å². The van der Waals surface area contributed by atoms with Gasteiger partial charge in [-0.25, -0.2) is 9.13 Å². The molecule has 0 aliphatic rings.